The summed E-state index contributed by atoms with van der Waals surface area (Å²) in [4.78, 5) is 9.81. The largest absolute Gasteiger partial charge is 0.454 e. The first-order chi connectivity index (χ1) is 12.1. The van der Waals surface area contributed by atoms with Crippen molar-refractivity contribution in [1.82, 2.24) is 9.80 Å². The molecule has 2 heterocycles. The zero-order chi connectivity index (χ0) is 17.4. The zero-order valence-corrected chi connectivity index (χ0v) is 15.3. The lowest BCUT2D eigenvalue weighted by molar-refractivity contribution is 0.149. The predicted octanol–water partition coefficient (Wildman–Crippen LogP) is 4.55. The number of benzene rings is 2. The lowest BCUT2D eigenvalue weighted by Crippen LogP contribution is -2.50. The summed E-state index contributed by atoms with van der Waals surface area (Å²) in [5.74, 6) is 2.56. The van der Waals surface area contributed by atoms with Crippen molar-refractivity contribution in [3.8, 4) is 11.5 Å². The number of aliphatic imine (C=N–C) groups is 1. The van der Waals surface area contributed by atoms with E-state index >= 15 is 0 Å². The summed E-state index contributed by atoms with van der Waals surface area (Å²) in [5.41, 5.74) is 1.82. The number of hydrogen-bond donors (Lipinski definition) is 0. The molecule has 1 saturated heterocycles. The summed E-state index contributed by atoms with van der Waals surface area (Å²) >= 11 is 6.18. The molecule has 1 fully saturated rings. The second kappa shape index (κ2) is 6.70. The molecule has 4 rings (SSSR count). The Morgan fingerprint density at radius 1 is 1.00 bits per heavy atom. The molecular formula is C20H22ClN3O. The van der Waals surface area contributed by atoms with E-state index in [4.69, 9.17) is 21.3 Å². The molecule has 2 aliphatic heterocycles. The number of fused-ring (bicyclic) bond motifs is 2. The van der Waals surface area contributed by atoms with Crippen LogP contribution in [0.15, 0.2) is 47.5 Å². The molecule has 0 radical (unpaired) electrons. The Hall–Kier alpha value is -2.04. The highest BCUT2D eigenvalue weighted by molar-refractivity contribution is 6.31. The van der Waals surface area contributed by atoms with Crippen molar-refractivity contribution in [2.45, 2.75) is 19.9 Å². The van der Waals surface area contributed by atoms with Gasteiger partial charge in [-0.2, -0.15) is 0 Å². The molecular weight excluding hydrogens is 334 g/mol. The van der Waals surface area contributed by atoms with E-state index in [0.717, 1.165) is 54.8 Å². The Bertz CT molecular complexity index is 810. The van der Waals surface area contributed by atoms with Crippen LogP contribution in [-0.4, -0.2) is 47.9 Å². The number of rotatable bonds is 1. The molecule has 2 aromatic rings. The lowest BCUT2D eigenvalue weighted by Gasteiger charge is -2.38. The van der Waals surface area contributed by atoms with Crippen LogP contribution < -0.4 is 4.74 Å². The van der Waals surface area contributed by atoms with Gasteiger partial charge in [0.15, 0.2) is 5.75 Å². The maximum Gasteiger partial charge on any atom is 0.153 e. The van der Waals surface area contributed by atoms with Crippen LogP contribution in [0.4, 0.5) is 5.69 Å². The third-order valence-corrected chi connectivity index (χ3v) is 5.07. The molecule has 0 aromatic heterocycles. The highest BCUT2D eigenvalue weighted by Gasteiger charge is 2.26. The molecule has 25 heavy (non-hydrogen) atoms. The third-order valence-electron chi connectivity index (χ3n) is 4.84. The van der Waals surface area contributed by atoms with E-state index in [9.17, 15) is 0 Å². The van der Waals surface area contributed by atoms with E-state index in [1.807, 2.05) is 36.4 Å². The van der Waals surface area contributed by atoms with Gasteiger partial charge in [-0.3, -0.25) is 4.90 Å². The Balaban J connectivity index is 1.74. The number of hydrogen-bond acceptors (Lipinski definition) is 4. The van der Waals surface area contributed by atoms with Crippen molar-refractivity contribution in [2.75, 3.05) is 26.2 Å². The zero-order valence-electron chi connectivity index (χ0n) is 14.6. The quantitative estimate of drug-likeness (QED) is 0.751. The van der Waals surface area contributed by atoms with E-state index in [1.165, 1.54) is 0 Å². The fourth-order valence-corrected chi connectivity index (χ4v) is 3.55. The van der Waals surface area contributed by atoms with Gasteiger partial charge in [0.1, 0.15) is 17.3 Å². The Kier molecular flexibility index (Phi) is 4.40. The predicted molar refractivity (Wildman–Crippen MR) is 102 cm³/mol. The molecule has 0 N–H and O–H groups in total. The molecule has 2 aliphatic rings. The van der Waals surface area contributed by atoms with Gasteiger partial charge in [-0.1, -0.05) is 23.7 Å². The van der Waals surface area contributed by atoms with E-state index in [-0.39, 0.29) is 0 Å². The van der Waals surface area contributed by atoms with Gasteiger partial charge >= 0.3 is 0 Å². The third kappa shape index (κ3) is 3.24. The number of halogens is 1. The van der Waals surface area contributed by atoms with Crippen LogP contribution in [-0.2, 0) is 0 Å². The minimum absolute atomic E-state index is 0.577. The second-order valence-electron chi connectivity index (χ2n) is 6.76. The van der Waals surface area contributed by atoms with Crippen LogP contribution in [0.1, 0.15) is 19.4 Å². The van der Waals surface area contributed by atoms with Crippen molar-refractivity contribution in [1.29, 1.82) is 0 Å². The molecule has 0 saturated carbocycles. The molecule has 2 aromatic carbocycles. The first-order valence-electron chi connectivity index (χ1n) is 8.76. The highest BCUT2D eigenvalue weighted by atomic mass is 35.5. The van der Waals surface area contributed by atoms with E-state index in [2.05, 4.69) is 29.7 Å². The average Bonchev–Trinajstić information content (AvgIpc) is 2.78. The molecule has 4 nitrogen and oxygen atoms in total. The van der Waals surface area contributed by atoms with E-state index in [1.54, 1.807) is 0 Å². The van der Waals surface area contributed by atoms with Crippen molar-refractivity contribution in [2.24, 2.45) is 4.99 Å². The minimum atomic E-state index is 0.577. The summed E-state index contributed by atoms with van der Waals surface area (Å²) in [6, 6.07) is 14.3. The van der Waals surface area contributed by atoms with Gasteiger partial charge in [0.2, 0.25) is 0 Å². The van der Waals surface area contributed by atoms with Crippen LogP contribution in [0, 0.1) is 0 Å². The van der Waals surface area contributed by atoms with Crippen molar-refractivity contribution in [3.05, 3.63) is 53.1 Å². The maximum absolute atomic E-state index is 6.18. The molecule has 130 valence electrons. The number of amidine groups is 1. The number of nitrogens with zero attached hydrogens (tertiary/aromatic N) is 3. The monoisotopic (exact) mass is 355 g/mol. The summed E-state index contributed by atoms with van der Waals surface area (Å²) < 4.78 is 6.13. The topological polar surface area (TPSA) is 28.1 Å². The van der Waals surface area contributed by atoms with Gasteiger partial charge in [0.05, 0.1) is 5.56 Å². The van der Waals surface area contributed by atoms with Crippen molar-refractivity contribution in [3.63, 3.8) is 0 Å². The van der Waals surface area contributed by atoms with Gasteiger partial charge in [0.25, 0.3) is 0 Å². The average molecular weight is 356 g/mol. The summed E-state index contributed by atoms with van der Waals surface area (Å²) in [6.45, 7) is 8.51. The van der Waals surface area contributed by atoms with Crippen molar-refractivity contribution >= 4 is 23.1 Å². The molecule has 5 heteroatoms. The SMILES string of the molecule is CC(C)N1CCN(C2=Nc3cc(Cl)ccc3Oc3ccccc32)CC1. The molecule has 0 aliphatic carbocycles. The summed E-state index contributed by atoms with van der Waals surface area (Å²) in [6.07, 6.45) is 0. The lowest BCUT2D eigenvalue weighted by atomic mass is 10.1. The second-order valence-corrected chi connectivity index (χ2v) is 7.20. The van der Waals surface area contributed by atoms with Gasteiger partial charge in [-0.25, -0.2) is 4.99 Å². The van der Waals surface area contributed by atoms with Gasteiger partial charge in [-0.15, -0.1) is 0 Å². The highest BCUT2D eigenvalue weighted by Crippen LogP contribution is 2.39. The van der Waals surface area contributed by atoms with Crippen molar-refractivity contribution < 1.29 is 4.74 Å². The molecule has 0 spiro atoms. The Morgan fingerprint density at radius 2 is 1.76 bits per heavy atom. The molecule has 0 atom stereocenters. The first-order valence-corrected chi connectivity index (χ1v) is 9.14. The molecule has 0 unspecified atom stereocenters. The standard InChI is InChI=1S/C20H22ClN3O/c1-14(2)23-9-11-24(12-10-23)20-16-5-3-4-6-18(16)25-19-8-7-15(21)13-17(19)22-20/h3-8,13-14H,9-12H2,1-2H3. The van der Waals surface area contributed by atoms with Crippen LogP contribution in [0.25, 0.3) is 0 Å². The number of piperazine rings is 1. The van der Waals surface area contributed by atoms with E-state index < -0.39 is 0 Å². The van der Waals surface area contributed by atoms with Gasteiger partial charge < -0.3 is 9.64 Å². The number of para-hydroxylation sites is 1. The molecule has 0 amide bonds. The first kappa shape index (κ1) is 16.4. The Labute approximate surface area is 153 Å². The van der Waals surface area contributed by atoms with Crippen LogP contribution in [0.2, 0.25) is 5.02 Å². The summed E-state index contributed by atoms with van der Waals surface area (Å²) in [5, 5.41) is 0.668. The summed E-state index contributed by atoms with van der Waals surface area (Å²) in [7, 11) is 0. The van der Waals surface area contributed by atoms with E-state index in [0.29, 0.717) is 11.1 Å². The smallest absolute Gasteiger partial charge is 0.153 e. The number of ether oxygens (including phenoxy) is 1. The fraction of sp³-hybridized carbons (Fsp3) is 0.350. The maximum atomic E-state index is 6.18. The molecule has 0 bridgehead atoms. The van der Waals surface area contributed by atoms with Crippen LogP contribution >= 0.6 is 11.6 Å². The minimum Gasteiger partial charge on any atom is -0.454 e. The Morgan fingerprint density at radius 3 is 2.52 bits per heavy atom. The normalized spacial score (nSPS) is 17.4. The van der Waals surface area contributed by atoms with Gasteiger partial charge in [-0.05, 0) is 44.2 Å². The van der Waals surface area contributed by atoms with Gasteiger partial charge in [0, 0.05) is 37.2 Å². The fourth-order valence-electron chi connectivity index (χ4n) is 3.39. The van der Waals surface area contributed by atoms with Crippen LogP contribution in [0.5, 0.6) is 11.5 Å². The van der Waals surface area contributed by atoms with Crippen LogP contribution in [0.3, 0.4) is 0 Å².